The van der Waals surface area contributed by atoms with Crippen LogP contribution in [0.4, 0.5) is 5.00 Å². The van der Waals surface area contributed by atoms with Gasteiger partial charge in [-0.2, -0.15) is 0 Å². The molecule has 1 unspecified atom stereocenters. The predicted molar refractivity (Wildman–Crippen MR) is 96.4 cm³/mol. The number of aldehydes is 1. The first-order valence-corrected chi connectivity index (χ1v) is 9.23. The van der Waals surface area contributed by atoms with E-state index in [0.29, 0.717) is 11.5 Å². The number of carbonyl (C=O) groups is 2. The molecule has 1 N–H and O–H groups in total. The molecular formula is C19H20N2O2S. The molecule has 4 nitrogen and oxygen atoms in total. The van der Waals surface area contributed by atoms with Gasteiger partial charge in [0.25, 0.3) is 0 Å². The number of thiophene rings is 1. The summed E-state index contributed by atoms with van der Waals surface area (Å²) >= 11 is 1.56. The molecule has 5 heteroatoms. The molecule has 0 saturated carbocycles. The summed E-state index contributed by atoms with van der Waals surface area (Å²) in [5.74, 6) is 0.814. The molecule has 5 rings (SSSR count). The van der Waals surface area contributed by atoms with Gasteiger partial charge in [0.15, 0.2) is 0 Å². The molecule has 1 atom stereocenters. The Kier molecular flexibility index (Phi) is 4.21. The fourth-order valence-electron chi connectivity index (χ4n) is 3.80. The number of fused-ring (bicyclic) bond motifs is 3. The maximum absolute atomic E-state index is 12.6. The fourth-order valence-corrected chi connectivity index (χ4v) is 4.71. The molecule has 3 aliphatic heterocycles. The van der Waals surface area contributed by atoms with Crippen molar-refractivity contribution in [2.24, 2.45) is 11.8 Å². The van der Waals surface area contributed by atoms with Crippen LogP contribution in [-0.4, -0.2) is 36.7 Å². The summed E-state index contributed by atoms with van der Waals surface area (Å²) in [7, 11) is 0. The van der Waals surface area contributed by atoms with Crippen LogP contribution in [0.25, 0.3) is 10.4 Å². The number of rotatable bonds is 4. The largest absolute Gasteiger partial charge is 0.317 e. The van der Waals surface area contributed by atoms with Crippen LogP contribution in [0.2, 0.25) is 0 Å². The minimum Gasteiger partial charge on any atom is -0.317 e. The van der Waals surface area contributed by atoms with Crippen LogP contribution in [0.3, 0.4) is 0 Å². The number of carbonyl (C=O) groups excluding carboxylic acids is 2. The fraction of sp³-hybridized carbons (Fsp3) is 0.368. The van der Waals surface area contributed by atoms with Gasteiger partial charge in [0.2, 0.25) is 5.91 Å². The Morgan fingerprint density at radius 2 is 2.04 bits per heavy atom. The van der Waals surface area contributed by atoms with Crippen LogP contribution < -0.4 is 5.32 Å². The Morgan fingerprint density at radius 1 is 1.21 bits per heavy atom. The summed E-state index contributed by atoms with van der Waals surface area (Å²) in [4.78, 5) is 27.0. The van der Waals surface area contributed by atoms with Gasteiger partial charge in [0.05, 0.1) is 10.9 Å². The molecular weight excluding hydrogens is 320 g/mol. The lowest BCUT2D eigenvalue weighted by Gasteiger charge is -2.43. The number of benzene rings is 1. The van der Waals surface area contributed by atoms with Crippen molar-refractivity contribution in [3.63, 3.8) is 0 Å². The number of anilines is 1. The third-order valence-electron chi connectivity index (χ3n) is 5.15. The van der Waals surface area contributed by atoms with Crippen LogP contribution in [0.1, 0.15) is 23.2 Å². The van der Waals surface area contributed by atoms with E-state index in [1.54, 1.807) is 17.4 Å². The van der Waals surface area contributed by atoms with Crippen molar-refractivity contribution >= 4 is 28.5 Å². The third kappa shape index (κ3) is 3.01. The van der Waals surface area contributed by atoms with Gasteiger partial charge in [-0.05, 0) is 55.6 Å². The quantitative estimate of drug-likeness (QED) is 0.867. The van der Waals surface area contributed by atoms with Gasteiger partial charge in [-0.25, -0.2) is 0 Å². The molecule has 24 heavy (non-hydrogen) atoms. The van der Waals surface area contributed by atoms with E-state index in [9.17, 15) is 9.59 Å². The third-order valence-corrected chi connectivity index (χ3v) is 6.20. The zero-order chi connectivity index (χ0) is 16.5. The molecule has 3 saturated heterocycles. The van der Waals surface area contributed by atoms with Crippen LogP contribution >= 0.6 is 11.3 Å². The highest BCUT2D eigenvalue weighted by atomic mass is 32.1. The zero-order valence-corrected chi connectivity index (χ0v) is 14.2. The molecule has 0 spiro atoms. The Bertz CT molecular complexity index is 762. The number of hydrogen-bond donors (Lipinski definition) is 1. The van der Waals surface area contributed by atoms with Crippen molar-refractivity contribution in [3.05, 3.63) is 42.0 Å². The molecule has 1 amide bonds. The monoisotopic (exact) mass is 340 g/mol. The highest BCUT2D eigenvalue weighted by Crippen LogP contribution is 2.35. The van der Waals surface area contributed by atoms with Gasteiger partial charge < -0.3 is 10.2 Å². The molecule has 3 aliphatic rings. The smallest absolute Gasteiger partial charge is 0.229 e. The lowest BCUT2D eigenvalue weighted by Crippen LogP contribution is -2.51. The average Bonchev–Trinajstić information content (AvgIpc) is 3.11. The second-order valence-electron chi connectivity index (χ2n) is 6.64. The van der Waals surface area contributed by atoms with Crippen molar-refractivity contribution in [2.45, 2.75) is 12.8 Å². The molecule has 3 fully saturated rings. The molecule has 2 bridgehead atoms. The van der Waals surface area contributed by atoms with E-state index < -0.39 is 0 Å². The van der Waals surface area contributed by atoms with E-state index in [-0.39, 0.29) is 11.8 Å². The summed E-state index contributed by atoms with van der Waals surface area (Å²) in [6.45, 7) is 3.19. The Hall–Kier alpha value is -1.98. The molecule has 1 aromatic heterocycles. The van der Waals surface area contributed by atoms with Gasteiger partial charge >= 0.3 is 0 Å². The molecule has 0 radical (unpaired) electrons. The lowest BCUT2D eigenvalue weighted by atomic mass is 9.78. The Labute approximate surface area is 145 Å². The SMILES string of the molecule is O=Cc1cccc(-c2ccc(NC(=O)C3CN4CCC3CC4)s2)c1. The molecule has 4 heterocycles. The number of nitrogens with zero attached hydrogens (tertiary/aromatic N) is 1. The summed E-state index contributed by atoms with van der Waals surface area (Å²) in [6.07, 6.45) is 3.14. The molecule has 0 aliphatic carbocycles. The standard InChI is InChI=1S/C19H20N2O2S/c22-12-13-2-1-3-15(10-13)17-4-5-18(24-17)20-19(23)16-11-21-8-6-14(16)7-9-21/h1-5,10,12,14,16H,6-9,11H2,(H,20,23). The van der Waals surface area contributed by atoms with E-state index in [4.69, 9.17) is 0 Å². The highest BCUT2D eigenvalue weighted by molar-refractivity contribution is 7.19. The topological polar surface area (TPSA) is 49.4 Å². The number of nitrogens with one attached hydrogen (secondary N) is 1. The van der Waals surface area contributed by atoms with Crippen LogP contribution in [0, 0.1) is 11.8 Å². The van der Waals surface area contributed by atoms with E-state index >= 15 is 0 Å². The predicted octanol–water partition coefficient (Wildman–Crippen LogP) is 3.51. The van der Waals surface area contributed by atoms with Crippen molar-refractivity contribution in [1.82, 2.24) is 4.90 Å². The van der Waals surface area contributed by atoms with Crippen LogP contribution in [0.15, 0.2) is 36.4 Å². The molecule has 124 valence electrons. The molecule has 1 aromatic carbocycles. The highest BCUT2D eigenvalue weighted by Gasteiger charge is 2.38. The summed E-state index contributed by atoms with van der Waals surface area (Å²) < 4.78 is 0. The van der Waals surface area contributed by atoms with Crippen molar-refractivity contribution in [2.75, 3.05) is 25.0 Å². The second kappa shape index (κ2) is 6.49. The molecule has 2 aromatic rings. The van der Waals surface area contributed by atoms with Crippen LogP contribution in [-0.2, 0) is 4.79 Å². The van der Waals surface area contributed by atoms with Gasteiger partial charge in [0, 0.05) is 17.0 Å². The van der Waals surface area contributed by atoms with Gasteiger partial charge in [0.1, 0.15) is 6.29 Å². The van der Waals surface area contributed by atoms with Crippen molar-refractivity contribution < 1.29 is 9.59 Å². The van der Waals surface area contributed by atoms with Gasteiger partial charge in [-0.15, -0.1) is 11.3 Å². The first kappa shape index (κ1) is 15.5. The maximum atomic E-state index is 12.6. The second-order valence-corrected chi connectivity index (χ2v) is 7.72. The van der Waals surface area contributed by atoms with Crippen molar-refractivity contribution in [1.29, 1.82) is 0 Å². The van der Waals surface area contributed by atoms with E-state index in [1.807, 2.05) is 30.3 Å². The average molecular weight is 340 g/mol. The lowest BCUT2D eigenvalue weighted by molar-refractivity contribution is -0.125. The normalized spacial score (nSPS) is 25.4. The first-order chi connectivity index (χ1) is 11.7. The minimum atomic E-state index is 0.122. The van der Waals surface area contributed by atoms with E-state index in [0.717, 1.165) is 54.2 Å². The Morgan fingerprint density at radius 3 is 2.75 bits per heavy atom. The van der Waals surface area contributed by atoms with Crippen LogP contribution in [0.5, 0.6) is 0 Å². The van der Waals surface area contributed by atoms with E-state index in [1.165, 1.54) is 0 Å². The Balaban J connectivity index is 1.47. The zero-order valence-electron chi connectivity index (χ0n) is 13.4. The van der Waals surface area contributed by atoms with Gasteiger partial charge in [-0.1, -0.05) is 18.2 Å². The summed E-state index contributed by atoms with van der Waals surface area (Å²) in [5, 5.41) is 3.98. The minimum absolute atomic E-state index is 0.122. The summed E-state index contributed by atoms with van der Waals surface area (Å²) in [5.41, 5.74) is 1.67. The summed E-state index contributed by atoms with van der Waals surface area (Å²) in [6, 6.07) is 11.5. The maximum Gasteiger partial charge on any atom is 0.229 e. The van der Waals surface area contributed by atoms with E-state index in [2.05, 4.69) is 10.2 Å². The number of amides is 1. The van der Waals surface area contributed by atoms with Crippen molar-refractivity contribution in [3.8, 4) is 10.4 Å². The first-order valence-electron chi connectivity index (χ1n) is 8.41. The number of hydrogen-bond acceptors (Lipinski definition) is 4. The van der Waals surface area contributed by atoms with Gasteiger partial charge in [-0.3, -0.25) is 9.59 Å². The number of piperidine rings is 3.